The number of hydrogen-bond acceptors (Lipinski definition) is 5. The van der Waals surface area contributed by atoms with Crippen LogP contribution in [0.2, 0.25) is 0 Å². The van der Waals surface area contributed by atoms with Gasteiger partial charge >= 0.3 is 0 Å². The number of carbonyl (C=O) groups excluding carboxylic acids is 1. The zero-order valence-corrected chi connectivity index (χ0v) is 16.1. The van der Waals surface area contributed by atoms with Gasteiger partial charge in [0.15, 0.2) is 0 Å². The maximum atomic E-state index is 12.5. The monoisotopic (exact) mass is 382 g/mol. The van der Waals surface area contributed by atoms with Crippen molar-refractivity contribution >= 4 is 27.5 Å². The fourth-order valence-corrected chi connectivity index (χ4v) is 4.22. The summed E-state index contributed by atoms with van der Waals surface area (Å²) in [5.74, 6) is 1.01. The van der Waals surface area contributed by atoms with Crippen molar-refractivity contribution in [2.24, 2.45) is 0 Å². The Morgan fingerprint density at radius 2 is 1.96 bits per heavy atom. The number of likely N-dealkylation sites (tertiary alicyclic amines) is 1. The van der Waals surface area contributed by atoms with E-state index in [1.54, 1.807) is 7.11 Å². The summed E-state index contributed by atoms with van der Waals surface area (Å²) >= 11 is 1.54. The number of fused-ring (bicyclic) bond motifs is 1. The van der Waals surface area contributed by atoms with Crippen LogP contribution in [-0.2, 0) is 11.2 Å². The normalized spacial score (nSPS) is 15.1. The first kappa shape index (κ1) is 17.8. The summed E-state index contributed by atoms with van der Waals surface area (Å²) in [6.45, 7) is 1.46. The van der Waals surface area contributed by atoms with Gasteiger partial charge in [-0.1, -0.05) is 41.7 Å². The molecule has 5 nitrogen and oxygen atoms in total. The quantitative estimate of drug-likeness (QED) is 0.671. The van der Waals surface area contributed by atoms with E-state index in [0.29, 0.717) is 11.6 Å². The summed E-state index contributed by atoms with van der Waals surface area (Å²) in [6.07, 6.45) is 2.24. The summed E-state index contributed by atoms with van der Waals surface area (Å²) in [6, 6.07) is 15.7. The van der Waals surface area contributed by atoms with Crippen molar-refractivity contribution < 1.29 is 14.3 Å². The van der Waals surface area contributed by atoms with Crippen LogP contribution >= 0.6 is 11.3 Å². The highest BCUT2D eigenvalue weighted by molar-refractivity contribution is 7.20. The fraction of sp³-hybridized carbons (Fsp3) is 0.333. The molecule has 27 heavy (non-hydrogen) atoms. The summed E-state index contributed by atoms with van der Waals surface area (Å²) < 4.78 is 12.4. The number of rotatable bonds is 5. The largest absolute Gasteiger partial charge is 0.497 e. The molecule has 1 aliphatic rings. The molecule has 2 aromatic carbocycles. The van der Waals surface area contributed by atoms with Crippen LogP contribution in [0.5, 0.6) is 10.9 Å². The molecular weight excluding hydrogens is 360 g/mol. The van der Waals surface area contributed by atoms with Gasteiger partial charge in [0.2, 0.25) is 5.91 Å². The molecule has 4 rings (SSSR count). The van der Waals surface area contributed by atoms with Crippen LogP contribution < -0.4 is 9.47 Å². The number of carbonyl (C=O) groups is 1. The van der Waals surface area contributed by atoms with E-state index in [0.717, 1.165) is 47.5 Å². The lowest BCUT2D eigenvalue weighted by Gasteiger charge is -2.31. The van der Waals surface area contributed by atoms with Crippen LogP contribution in [0.15, 0.2) is 48.5 Å². The Labute approximate surface area is 162 Å². The summed E-state index contributed by atoms with van der Waals surface area (Å²) in [7, 11) is 1.66. The molecule has 1 fully saturated rings. The highest BCUT2D eigenvalue weighted by Crippen LogP contribution is 2.32. The fourth-order valence-electron chi connectivity index (χ4n) is 3.31. The van der Waals surface area contributed by atoms with Crippen LogP contribution in [0.1, 0.15) is 18.4 Å². The Morgan fingerprint density at radius 1 is 1.19 bits per heavy atom. The average Bonchev–Trinajstić information content (AvgIpc) is 3.10. The van der Waals surface area contributed by atoms with E-state index in [-0.39, 0.29) is 12.0 Å². The van der Waals surface area contributed by atoms with Crippen molar-refractivity contribution in [3.63, 3.8) is 0 Å². The maximum Gasteiger partial charge on any atom is 0.274 e. The van der Waals surface area contributed by atoms with E-state index in [9.17, 15) is 4.79 Å². The van der Waals surface area contributed by atoms with Gasteiger partial charge in [-0.05, 0) is 23.8 Å². The molecule has 0 N–H and O–H groups in total. The van der Waals surface area contributed by atoms with Crippen molar-refractivity contribution in [2.75, 3.05) is 20.2 Å². The Hall–Kier alpha value is -2.60. The first-order valence-electron chi connectivity index (χ1n) is 9.14. The second-order valence-corrected chi connectivity index (χ2v) is 7.67. The molecule has 1 saturated heterocycles. The third-order valence-electron chi connectivity index (χ3n) is 4.84. The third kappa shape index (κ3) is 4.22. The maximum absolute atomic E-state index is 12.5. The molecular formula is C21H22N2O3S. The van der Waals surface area contributed by atoms with E-state index in [1.807, 2.05) is 53.4 Å². The molecule has 0 atom stereocenters. The van der Waals surface area contributed by atoms with Crippen molar-refractivity contribution in [2.45, 2.75) is 25.4 Å². The molecule has 0 radical (unpaired) electrons. The predicted molar refractivity (Wildman–Crippen MR) is 107 cm³/mol. The SMILES string of the molecule is COc1ccc2nc(OC3CCN(C(=O)Cc4ccccc4)CC3)sc2c1. The number of hydrogen-bond donors (Lipinski definition) is 0. The summed E-state index contributed by atoms with van der Waals surface area (Å²) in [4.78, 5) is 19.0. The minimum absolute atomic E-state index is 0.105. The Kier molecular flexibility index (Phi) is 5.25. The Bertz CT molecular complexity index is 918. The first-order chi connectivity index (χ1) is 13.2. The molecule has 1 aliphatic heterocycles. The van der Waals surface area contributed by atoms with Crippen LogP contribution in [-0.4, -0.2) is 42.1 Å². The van der Waals surface area contributed by atoms with Gasteiger partial charge in [-0.15, -0.1) is 0 Å². The molecule has 1 amide bonds. The molecule has 3 aromatic rings. The molecule has 0 saturated carbocycles. The molecule has 0 aliphatic carbocycles. The lowest BCUT2D eigenvalue weighted by Crippen LogP contribution is -2.42. The Morgan fingerprint density at radius 3 is 2.70 bits per heavy atom. The van der Waals surface area contributed by atoms with Crippen molar-refractivity contribution in [3.05, 3.63) is 54.1 Å². The van der Waals surface area contributed by atoms with Crippen molar-refractivity contribution in [1.29, 1.82) is 0 Å². The molecule has 1 aromatic heterocycles. The topological polar surface area (TPSA) is 51.7 Å². The van der Waals surface area contributed by atoms with E-state index < -0.39 is 0 Å². The number of nitrogens with zero attached hydrogens (tertiary/aromatic N) is 2. The highest BCUT2D eigenvalue weighted by Gasteiger charge is 2.24. The second kappa shape index (κ2) is 7.96. The highest BCUT2D eigenvalue weighted by atomic mass is 32.1. The van der Waals surface area contributed by atoms with E-state index in [2.05, 4.69) is 4.98 Å². The number of ether oxygens (including phenoxy) is 2. The first-order valence-corrected chi connectivity index (χ1v) is 9.96. The van der Waals surface area contributed by atoms with Gasteiger partial charge in [0.05, 0.1) is 23.7 Å². The van der Waals surface area contributed by atoms with Gasteiger partial charge in [-0.25, -0.2) is 4.98 Å². The minimum Gasteiger partial charge on any atom is -0.497 e. The lowest BCUT2D eigenvalue weighted by atomic mass is 10.1. The number of amides is 1. The van der Waals surface area contributed by atoms with Gasteiger partial charge in [0.25, 0.3) is 5.19 Å². The van der Waals surface area contributed by atoms with Gasteiger partial charge in [-0.3, -0.25) is 4.79 Å². The van der Waals surface area contributed by atoms with Crippen LogP contribution in [0.25, 0.3) is 10.2 Å². The standard InChI is InChI=1S/C21H22N2O3S/c1-25-17-7-8-18-19(14-17)27-21(22-18)26-16-9-11-23(12-10-16)20(24)13-15-5-3-2-4-6-15/h2-8,14,16H,9-13H2,1H3. The third-order valence-corrected chi connectivity index (χ3v) is 5.75. The number of thiazole rings is 1. The summed E-state index contributed by atoms with van der Waals surface area (Å²) in [5.41, 5.74) is 1.98. The number of piperidine rings is 1. The lowest BCUT2D eigenvalue weighted by molar-refractivity contribution is -0.132. The molecule has 0 unspecified atom stereocenters. The molecule has 2 heterocycles. The smallest absolute Gasteiger partial charge is 0.274 e. The van der Waals surface area contributed by atoms with E-state index >= 15 is 0 Å². The summed E-state index contributed by atoms with van der Waals surface area (Å²) in [5, 5.41) is 0.687. The van der Waals surface area contributed by atoms with E-state index in [1.165, 1.54) is 11.3 Å². The van der Waals surface area contributed by atoms with Gasteiger partial charge in [0, 0.05) is 25.9 Å². The van der Waals surface area contributed by atoms with Crippen molar-refractivity contribution in [1.82, 2.24) is 9.88 Å². The van der Waals surface area contributed by atoms with Gasteiger partial charge < -0.3 is 14.4 Å². The van der Waals surface area contributed by atoms with Gasteiger partial charge in [-0.2, -0.15) is 0 Å². The van der Waals surface area contributed by atoms with Crippen LogP contribution in [0.4, 0.5) is 0 Å². The number of aromatic nitrogens is 1. The van der Waals surface area contributed by atoms with Gasteiger partial charge in [0.1, 0.15) is 11.9 Å². The number of benzene rings is 2. The Balaban J connectivity index is 1.32. The molecule has 0 spiro atoms. The molecule has 6 heteroatoms. The molecule has 0 bridgehead atoms. The predicted octanol–water partition coefficient (Wildman–Crippen LogP) is 3.92. The van der Waals surface area contributed by atoms with Crippen molar-refractivity contribution in [3.8, 4) is 10.9 Å². The van der Waals surface area contributed by atoms with E-state index in [4.69, 9.17) is 9.47 Å². The van der Waals surface area contributed by atoms with Crippen LogP contribution in [0.3, 0.4) is 0 Å². The zero-order chi connectivity index (χ0) is 18.6. The van der Waals surface area contributed by atoms with Crippen LogP contribution in [0, 0.1) is 0 Å². The molecule has 140 valence electrons. The second-order valence-electron chi connectivity index (χ2n) is 6.67. The average molecular weight is 382 g/mol. The minimum atomic E-state index is 0.105. The zero-order valence-electron chi connectivity index (χ0n) is 15.3. The number of methoxy groups -OCH3 is 1.